The van der Waals surface area contributed by atoms with Gasteiger partial charge in [0.1, 0.15) is 0 Å². The van der Waals surface area contributed by atoms with Crippen molar-refractivity contribution in [2.45, 2.75) is 4.90 Å². The lowest BCUT2D eigenvalue weighted by Gasteiger charge is -1.97. The zero-order valence-corrected chi connectivity index (χ0v) is 6.44. The van der Waals surface area contributed by atoms with E-state index in [9.17, 15) is 4.21 Å². The molecule has 0 aliphatic carbocycles. The minimum Gasteiger partial charge on any atom is -0.249 e. The molecule has 1 aromatic carbocycles. The molecule has 0 aliphatic heterocycles. The first-order valence-corrected chi connectivity index (χ1v) is 4.77. The summed E-state index contributed by atoms with van der Waals surface area (Å²) < 4.78 is 18.2. The second kappa shape index (κ2) is 2.42. The smallest absolute Gasteiger partial charge is 0.0696 e. The van der Waals surface area contributed by atoms with E-state index in [-0.39, 0.29) is 0 Å². The molecule has 1 radical (unpaired) electrons. The molecule has 0 fully saturated rings. The first-order chi connectivity index (χ1) is 4.61. The van der Waals surface area contributed by atoms with Crippen LogP contribution in [-0.4, -0.2) is 10.5 Å². The topological polar surface area (TPSA) is 40.9 Å². The average Bonchev–Trinajstić information content (AvgIpc) is 1.88. The van der Waals surface area contributed by atoms with Gasteiger partial charge in [0.15, 0.2) is 0 Å². The molecule has 0 bridgehead atoms. The Hall–Kier alpha value is -0.830. The Kier molecular flexibility index (Phi) is 1.76. The molecule has 0 aliphatic rings. The predicted octanol–water partition coefficient (Wildman–Crippen LogP) is 1.52. The van der Waals surface area contributed by atoms with E-state index in [1.165, 1.54) is 6.26 Å². The van der Waals surface area contributed by atoms with Crippen molar-refractivity contribution in [2.24, 2.45) is 0 Å². The summed E-state index contributed by atoms with van der Waals surface area (Å²) in [6, 6.07) is 9.41. The minimum atomic E-state index is -2.52. The van der Waals surface area contributed by atoms with Gasteiger partial charge in [-0.1, -0.05) is 12.1 Å². The fourth-order valence-electron chi connectivity index (χ4n) is 0.631. The lowest BCUT2D eigenvalue weighted by atomic mass is 10.4. The van der Waals surface area contributed by atoms with Gasteiger partial charge in [0, 0.05) is 11.2 Å². The maximum Gasteiger partial charge on any atom is 0.0696 e. The Labute approximate surface area is 60.9 Å². The Morgan fingerprint density at radius 2 is 2.00 bits per heavy atom. The summed E-state index contributed by atoms with van der Waals surface area (Å²) in [5, 5.41) is 0. The van der Waals surface area contributed by atoms with Gasteiger partial charge in [0.05, 0.1) is 9.73 Å². The van der Waals surface area contributed by atoms with Crippen LogP contribution in [0.5, 0.6) is 0 Å². The van der Waals surface area contributed by atoms with Crippen molar-refractivity contribution in [2.75, 3.05) is 6.26 Å². The van der Waals surface area contributed by atoms with Crippen LogP contribution < -0.4 is 0 Å². The summed E-state index contributed by atoms with van der Waals surface area (Å²) in [6.45, 7) is 0. The molecule has 2 nitrogen and oxygen atoms in total. The normalized spacial score (nSPS) is 16.1. The standard InChI is InChI=1S/C7H8NOS/c1-10(8,9)7-5-3-2-4-6-7/h3-6,8H,1H3. The van der Waals surface area contributed by atoms with Gasteiger partial charge in [-0.15, -0.1) is 0 Å². The van der Waals surface area contributed by atoms with Crippen molar-refractivity contribution in [1.29, 1.82) is 4.78 Å². The number of nitrogens with one attached hydrogen (secondary N) is 1. The van der Waals surface area contributed by atoms with Crippen LogP contribution >= 0.6 is 0 Å². The van der Waals surface area contributed by atoms with E-state index in [2.05, 4.69) is 6.07 Å². The Morgan fingerprint density at radius 3 is 2.30 bits per heavy atom. The van der Waals surface area contributed by atoms with Crippen LogP contribution in [0.2, 0.25) is 0 Å². The van der Waals surface area contributed by atoms with Gasteiger partial charge in [-0.3, -0.25) is 0 Å². The second-order valence-electron chi connectivity index (χ2n) is 2.08. The maximum absolute atomic E-state index is 11.0. The van der Waals surface area contributed by atoms with Gasteiger partial charge in [0.2, 0.25) is 0 Å². The first-order valence-electron chi connectivity index (χ1n) is 2.80. The van der Waals surface area contributed by atoms with E-state index < -0.39 is 9.73 Å². The molecule has 0 saturated heterocycles. The summed E-state index contributed by atoms with van der Waals surface area (Å²) in [7, 11) is -2.52. The van der Waals surface area contributed by atoms with E-state index in [4.69, 9.17) is 4.78 Å². The maximum atomic E-state index is 11.0. The van der Waals surface area contributed by atoms with Crippen molar-refractivity contribution in [1.82, 2.24) is 0 Å². The fraction of sp³-hybridized carbons (Fsp3) is 0.143. The minimum absolute atomic E-state index is 0.561. The summed E-state index contributed by atoms with van der Waals surface area (Å²) in [6.07, 6.45) is 1.41. The van der Waals surface area contributed by atoms with E-state index in [1.54, 1.807) is 24.3 Å². The van der Waals surface area contributed by atoms with Gasteiger partial charge < -0.3 is 0 Å². The van der Waals surface area contributed by atoms with E-state index in [1.807, 2.05) is 0 Å². The van der Waals surface area contributed by atoms with Gasteiger partial charge in [-0.2, -0.15) is 0 Å². The highest BCUT2D eigenvalue weighted by molar-refractivity contribution is 7.91. The van der Waals surface area contributed by atoms with Crippen molar-refractivity contribution in [3.05, 3.63) is 30.3 Å². The third-order valence-corrected chi connectivity index (χ3v) is 2.31. The first kappa shape index (κ1) is 7.28. The monoisotopic (exact) mass is 154 g/mol. The van der Waals surface area contributed by atoms with E-state index in [0.29, 0.717) is 4.90 Å². The van der Waals surface area contributed by atoms with E-state index >= 15 is 0 Å². The second-order valence-corrected chi connectivity index (χ2v) is 4.24. The SMILES string of the molecule is CS(=N)(=O)c1cc[c]cc1. The van der Waals surface area contributed by atoms with Gasteiger partial charge in [-0.05, 0) is 18.2 Å². The number of hydrogen-bond donors (Lipinski definition) is 1. The molecule has 0 amide bonds. The highest BCUT2D eigenvalue weighted by atomic mass is 32.2. The number of rotatable bonds is 1. The summed E-state index contributed by atoms with van der Waals surface area (Å²) in [5.41, 5.74) is 0. The Balaban J connectivity index is 3.22. The van der Waals surface area contributed by atoms with Crippen LogP contribution in [0.15, 0.2) is 29.2 Å². The molecule has 0 heterocycles. The van der Waals surface area contributed by atoms with E-state index in [0.717, 1.165) is 0 Å². The molecule has 1 aromatic rings. The van der Waals surface area contributed by atoms with Crippen LogP contribution in [0.25, 0.3) is 0 Å². The zero-order chi connectivity index (χ0) is 7.61. The zero-order valence-electron chi connectivity index (χ0n) is 5.63. The van der Waals surface area contributed by atoms with Crippen LogP contribution in [0.4, 0.5) is 0 Å². The quantitative estimate of drug-likeness (QED) is 0.654. The highest BCUT2D eigenvalue weighted by Crippen LogP contribution is 2.06. The van der Waals surface area contributed by atoms with Crippen molar-refractivity contribution < 1.29 is 4.21 Å². The highest BCUT2D eigenvalue weighted by Gasteiger charge is 1.98. The van der Waals surface area contributed by atoms with Crippen molar-refractivity contribution in [3.8, 4) is 0 Å². The summed E-state index contributed by atoms with van der Waals surface area (Å²) in [4.78, 5) is 0.561. The third-order valence-electron chi connectivity index (χ3n) is 1.14. The average molecular weight is 154 g/mol. The molecule has 0 spiro atoms. The largest absolute Gasteiger partial charge is 0.249 e. The van der Waals surface area contributed by atoms with Gasteiger partial charge in [-0.25, -0.2) is 8.99 Å². The van der Waals surface area contributed by atoms with Crippen molar-refractivity contribution >= 4 is 9.73 Å². The molecule has 0 aromatic heterocycles. The lowest BCUT2D eigenvalue weighted by Crippen LogP contribution is -1.92. The summed E-state index contributed by atoms with van der Waals surface area (Å²) in [5.74, 6) is 0. The molecule has 1 rings (SSSR count). The third kappa shape index (κ3) is 1.57. The molecule has 1 unspecified atom stereocenters. The fourth-order valence-corrected chi connectivity index (χ4v) is 1.29. The summed E-state index contributed by atoms with van der Waals surface area (Å²) >= 11 is 0. The molecule has 1 atom stereocenters. The molecular weight excluding hydrogens is 146 g/mol. The number of benzene rings is 1. The van der Waals surface area contributed by atoms with Crippen LogP contribution in [-0.2, 0) is 9.73 Å². The van der Waals surface area contributed by atoms with Crippen LogP contribution in [0.3, 0.4) is 0 Å². The molecule has 10 heavy (non-hydrogen) atoms. The molecule has 3 heteroatoms. The van der Waals surface area contributed by atoms with Gasteiger partial charge >= 0.3 is 0 Å². The van der Waals surface area contributed by atoms with Crippen LogP contribution in [0, 0.1) is 10.8 Å². The van der Waals surface area contributed by atoms with Gasteiger partial charge in [0.25, 0.3) is 0 Å². The predicted molar refractivity (Wildman–Crippen MR) is 40.3 cm³/mol. The Morgan fingerprint density at radius 1 is 1.50 bits per heavy atom. The molecule has 0 saturated carbocycles. The number of hydrogen-bond acceptors (Lipinski definition) is 2. The Bertz CT molecular complexity index is 302. The molecule has 53 valence electrons. The molecular formula is C7H8NOS. The van der Waals surface area contributed by atoms with Crippen LogP contribution in [0.1, 0.15) is 0 Å². The lowest BCUT2D eigenvalue weighted by molar-refractivity contribution is 0.679. The van der Waals surface area contributed by atoms with Crippen molar-refractivity contribution in [3.63, 3.8) is 0 Å². The molecule has 1 N–H and O–H groups in total.